The van der Waals surface area contributed by atoms with Crippen molar-refractivity contribution in [1.82, 2.24) is 4.90 Å². The van der Waals surface area contributed by atoms with Crippen LogP contribution in [-0.2, 0) is 4.79 Å². The normalized spacial score (nSPS) is 12.8. The summed E-state index contributed by atoms with van der Waals surface area (Å²) in [5.41, 5.74) is 5.77. The third-order valence-electron chi connectivity index (χ3n) is 2.16. The summed E-state index contributed by atoms with van der Waals surface area (Å²) in [6, 6.07) is 0.621. The van der Waals surface area contributed by atoms with Crippen molar-refractivity contribution < 1.29 is 4.79 Å². The Morgan fingerprint density at radius 1 is 1.43 bits per heavy atom. The van der Waals surface area contributed by atoms with Gasteiger partial charge in [0, 0.05) is 0 Å². The Kier molecular flexibility index (Phi) is 9.57. The molecule has 0 aromatic heterocycles. The van der Waals surface area contributed by atoms with E-state index in [1.165, 1.54) is 0 Å². The van der Waals surface area contributed by atoms with Gasteiger partial charge in [0.2, 0.25) is 0 Å². The van der Waals surface area contributed by atoms with Crippen molar-refractivity contribution in [2.24, 2.45) is 5.73 Å². The van der Waals surface area contributed by atoms with Crippen LogP contribution in [0.3, 0.4) is 0 Å². The summed E-state index contributed by atoms with van der Waals surface area (Å²) in [5.74, 6) is 0.0415. The summed E-state index contributed by atoms with van der Waals surface area (Å²) < 4.78 is 0. The zero-order valence-corrected chi connectivity index (χ0v) is 10.4. The summed E-state index contributed by atoms with van der Waals surface area (Å²) in [4.78, 5) is 13.0. The Balaban J connectivity index is 0. The Bertz CT molecular complexity index is 162. The molecule has 2 N–H and O–H groups in total. The van der Waals surface area contributed by atoms with Gasteiger partial charge in [-0.15, -0.1) is 12.4 Å². The Morgan fingerprint density at radius 3 is 2.21 bits per heavy atom. The van der Waals surface area contributed by atoms with Crippen molar-refractivity contribution in [2.45, 2.75) is 39.2 Å². The van der Waals surface area contributed by atoms with Crippen molar-refractivity contribution in [3.8, 4) is 0 Å². The van der Waals surface area contributed by atoms with E-state index in [4.69, 9.17) is 5.73 Å². The van der Waals surface area contributed by atoms with Crippen LogP contribution in [0.2, 0.25) is 0 Å². The second kappa shape index (κ2) is 8.21. The number of carbonyl (C=O) groups excluding carboxylic acids is 1. The molecule has 0 amide bonds. The average molecular weight is 222 g/mol. The van der Waals surface area contributed by atoms with Crippen molar-refractivity contribution in [3.63, 3.8) is 0 Å². The average Bonchev–Trinajstić information content (AvgIpc) is 2.04. The molecular formula is C10H22ClN2O. The van der Waals surface area contributed by atoms with Crippen LogP contribution in [0.5, 0.6) is 0 Å². The lowest BCUT2D eigenvalue weighted by Gasteiger charge is -2.27. The minimum absolute atomic E-state index is 0. The number of carbonyl (C=O) groups is 1. The molecule has 1 unspecified atom stereocenters. The summed E-state index contributed by atoms with van der Waals surface area (Å²) in [6.07, 6.45) is 3.14. The first-order valence-electron chi connectivity index (χ1n) is 4.79. The molecular weight excluding hydrogens is 200 g/mol. The summed E-state index contributed by atoms with van der Waals surface area (Å²) in [7, 11) is 3.88. The maximum atomic E-state index is 11.1. The number of halogens is 1. The number of rotatable bonds is 6. The van der Waals surface area contributed by atoms with Gasteiger partial charge in [0.1, 0.15) is 5.78 Å². The van der Waals surface area contributed by atoms with Gasteiger partial charge < -0.3 is 10.6 Å². The molecule has 0 saturated carbocycles. The van der Waals surface area contributed by atoms with Crippen molar-refractivity contribution in [2.75, 3.05) is 14.1 Å². The van der Waals surface area contributed by atoms with Gasteiger partial charge >= 0.3 is 0 Å². The van der Waals surface area contributed by atoms with E-state index in [1.807, 2.05) is 19.0 Å². The van der Waals surface area contributed by atoms with Crippen LogP contribution in [-0.4, -0.2) is 30.8 Å². The van der Waals surface area contributed by atoms with Crippen LogP contribution < -0.4 is 5.73 Å². The minimum atomic E-state index is -0.415. The monoisotopic (exact) mass is 221 g/mol. The molecule has 3 nitrogen and oxygen atoms in total. The van der Waals surface area contributed by atoms with Crippen LogP contribution in [0, 0.1) is 6.04 Å². The number of nitrogens with zero attached hydrogens (tertiary/aromatic N) is 1. The fraction of sp³-hybridized carbons (Fsp3) is 0.800. The van der Waals surface area contributed by atoms with E-state index in [2.05, 4.69) is 6.92 Å². The van der Waals surface area contributed by atoms with E-state index in [1.54, 1.807) is 6.92 Å². The number of hydrogen-bond acceptors (Lipinski definition) is 3. The predicted molar refractivity (Wildman–Crippen MR) is 62.4 cm³/mol. The number of hydrogen-bond donors (Lipinski definition) is 1. The van der Waals surface area contributed by atoms with Crippen molar-refractivity contribution >= 4 is 18.2 Å². The second-order valence-electron chi connectivity index (χ2n) is 3.58. The van der Waals surface area contributed by atoms with Gasteiger partial charge in [0.25, 0.3) is 0 Å². The van der Waals surface area contributed by atoms with Crippen molar-refractivity contribution in [3.05, 3.63) is 6.04 Å². The quantitative estimate of drug-likeness (QED) is 0.742. The molecule has 0 heterocycles. The highest BCUT2D eigenvalue weighted by molar-refractivity contribution is 5.85. The lowest BCUT2D eigenvalue weighted by molar-refractivity contribution is -0.118. The molecule has 0 aromatic carbocycles. The fourth-order valence-electron chi connectivity index (χ4n) is 1.25. The molecule has 0 aromatic rings. The zero-order valence-electron chi connectivity index (χ0n) is 9.54. The summed E-state index contributed by atoms with van der Waals surface area (Å²) >= 11 is 0. The molecule has 0 fully saturated rings. The lowest BCUT2D eigenvalue weighted by Crippen LogP contribution is -2.42. The molecule has 0 aliphatic carbocycles. The maximum absolute atomic E-state index is 11.1. The molecule has 1 radical (unpaired) electrons. The lowest BCUT2D eigenvalue weighted by atomic mass is 9.99. The highest BCUT2D eigenvalue weighted by Gasteiger charge is 2.23. The van der Waals surface area contributed by atoms with Gasteiger partial charge in [0.15, 0.2) is 0 Å². The van der Waals surface area contributed by atoms with Crippen LogP contribution >= 0.6 is 12.4 Å². The molecule has 0 aliphatic rings. The largest absolute Gasteiger partial charge is 0.320 e. The second-order valence-corrected chi connectivity index (χ2v) is 3.58. The highest BCUT2D eigenvalue weighted by Crippen LogP contribution is 2.16. The third kappa shape index (κ3) is 5.58. The minimum Gasteiger partial charge on any atom is -0.320 e. The molecule has 0 rings (SSSR count). The first-order valence-corrected chi connectivity index (χ1v) is 4.79. The number of nitrogens with two attached hydrogens (primary N) is 1. The fourth-order valence-corrected chi connectivity index (χ4v) is 1.25. The highest BCUT2D eigenvalue weighted by atomic mass is 35.5. The molecule has 0 bridgehead atoms. The van der Waals surface area contributed by atoms with E-state index in [0.29, 0.717) is 0 Å². The van der Waals surface area contributed by atoms with Gasteiger partial charge in [-0.2, -0.15) is 0 Å². The molecule has 0 spiro atoms. The van der Waals surface area contributed by atoms with Gasteiger partial charge in [0.05, 0.1) is 12.1 Å². The molecule has 1 atom stereocenters. The van der Waals surface area contributed by atoms with E-state index in [-0.39, 0.29) is 18.2 Å². The predicted octanol–water partition coefficient (Wildman–Crippen LogP) is 1.61. The molecule has 0 aliphatic heterocycles. The van der Waals surface area contributed by atoms with E-state index >= 15 is 0 Å². The Hall–Kier alpha value is -0.120. The number of likely N-dealkylation sites (N-methyl/N-ethyl adjacent to an activating group) is 1. The number of ketones is 1. The summed E-state index contributed by atoms with van der Waals surface area (Å²) in [6.45, 7) is 3.67. The standard InChI is InChI=1S/C10H21N2O.ClH/c1-5-6-7-9(12(3)4)10(11)8(2)13;/h10H,5-7,11H2,1-4H3;1H. The first kappa shape index (κ1) is 16.3. The van der Waals surface area contributed by atoms with Gasteiger partial charge in [-0.1, -0.05) is 19.8 Å². The summed E-state index contributed by atoms with van der Waals surface area (Å²) in [5, 5.41) is 0. The van der Waals surface area contributed by atoms with Crippen LogP contribution in [0.25, 0.3) is 0 Å². The van der Waals surface area contributed by atoms with Gasteiger partial charge in [-0.25, -0.2) is 0 Å². The molecule has 85 valence electrons. The molecule has 4 heteroatoms. The molecule has 0 saturated heterocycles. The van der Waals surface area contributed by atoms with Crippen LogP contribution in [0.15, 0.2) is 0 Å². The number of Topliss-reactive ketones (excluding diaryl/α,β-unsaturated/α-hetero) is 1. The maximum Gasteiger partial charge on any atom is 0.148 e. The number of unbranched alkanes of at least 4 members (excludes halogenated alkanes) is 1. The van der Waals surface area contributed by atoms with Gasteiger partial charge in [-0.05, 0) is 27.4 Å². The Labute approximate surface area is 93.4 Å². The van der Waals surface area contributed by atoms with E-state index in [0.717, 1.165) is 25.3 Å². The SMILES string of the molecule is CCCC[C](C(N)C(C)=O)N(C)C.Cl. The first-order chi connectivity index (χ1) is 6.00. The topological polar surface area (TPSA) is 46.3 Å². The van der Waals surface area contributed by atoms with Crippen molar-refractivity contribution in [1.29, 1.82) is 0 Å². The Morgan fingerprint density at radius 2 is 1.93 bits per heavy atom. The zero-order chi connectivity index (χ0) is 10.4. The van der Waals surface area contributed by atoms with E-state index in [9.17, 15) is 4.79 Å². The van der Waals surface area contributed by atoms with Gasteiger partial charge in [-0.3, -0.25) is 4.79 Å². The smallest absolute Gasteiger partial charge is 0.148 e. The van der Waals surface area contributed by atoms with E-state index < -0.39 is 6.04 Å². The van der Waals surface area contributed by atoms with Crippen LogP contribution in [0.1, 0.15) is 33.1 Å². The molecule has 14 heavy (non-hydrogen) atoms. The third-order valence-corrected chi connectivity index (χ3v) is 2.16. The van der Waals surface area contributed by atoms with Crippen LogP contribution in [0.4, 0.5) is 0 Å².